The summed E-state index contributed by atoms with van der Waals surface area (Å²) in [5.74, 6) is -0.454. The van der Waals surface area contributed by atoms with E-state index in [0.29, 0.717) is 6.54 Å². The summed E-state index contributed by atoms with van der Waals surface area (Å²) >= 11 is 0. The number of rotatable bonds is 6. The van der Waals surface area contributed by atoms with Crippen LogP contribution < -0.4 is 10.6 Å². The van der Waals surface area contributed by atoms with Gasteiger partial charge in [0.2, 0.25) is 0 Å². The minimum atomic E-state index is -0.454. The predicted octanol–water partition coefficient (Wildman–Crippen LogP) is 2.49. The molecule has 6 heteroatoms. The minimum Gasteiger partial charge on any atom is -0.392 e. The van der Waals surface area contributed by atoms with E-state index in [0.717, 1.165) is 11.1 Å². The van der Waals surface area contributed by atoms with E-state index in [4.69, 9.17) is 5.11 Å². The Morgan fingerprint density at radius 3 is 2.58 bits per heavy atom. The first kappa shape index (κ1) is 17.9. The van der Waals surface area contributed by atoms with Gasteiger partial charge in [0.25, 0.3) is 0 Å². The number of urea groups is 1. The Bertz CT molecular complexity index is 690. The third-order valence-electron chi connectivity index (χ3n) is 3.89. The van der Waals surface area contributed by atoms with E-state index in [1.807, 2.05) is 26.0 Å². The Morgan fingerprint density at radius 1 is 1.21 bits per heavy atom. The van der Waals surface area contributed by atoms with E-state index < -0.39 is 5.82 Å². The second-order valence-corrected chi connectivity index (χ2v) is 6.24. The molecule has 0 radical (unpaired) electrons. The van der Waals surface area contributed by atoms with E-state index >= 15 is 0 Å². The third kappa shape index (κ3) is 4.76. The molecule has 0 aliphatic rings. The highest BCUT2D eigenvalue weighted by molar-refractivity contribution is 5.74. The Hall–Kier alpha value is -2.47. The molecular formula is C18H22FN3O2. The summed E-state index contributed by atoms with van der Waals surface area (Å²) < 4.78 is 13.3. The molecule has 0 saturated heterocycles. The maximum Gasteiger partial charge on any atom is 0.315 e. The van der Waals surface area contributed by atoms with Gasteiger partial charge < -0.3 is 15.7 Å². The van der Waals surface area contributed by atoms with Gasteiger partial charge in [0, 0.05) is 36.5 Å². The molecule has 0 aliphatic heterocycles. The first-order valence-electron chi connectivity index (χ1n) is 7.73. The third-order valence-corrected chi connectivity index (χ3v) is 3.89. The van der Waals surface area contributed by atoms with Crippen LogP contribution in [0.25, 0.3) is 0 Å². The Labute approximate surface area is 140 Å². The van der Waals surface area contributed by atoms with Gasteiger partial charge in [0.1, 0.15) is 5.82 Å². The molecule has 0 spiro atoms. The lowest BCUT2D eigenvalue weighted by Gasteiger charge is -2.25. The van der Waals surface area contributed by atoms with Gasteiger partial charge in [-0.05, 0) is 35.4 Å². The summed E-state index contributed by atoms with van der Waals surface area (Å²) in [4.78, 5) is 16.0. The maximum absolute atomic E-state index is 13.3. The van der Waals surface area contributed by atoms with Crippen molar-refractivity contribution in [2.75, 3.05) is 6.54 Å². The molecule has 5 nitrogen and oxygen atoms in total. The van der Waals surface area contributed by atoms with Gasteiger partial charge in [-0.25, -0.2) is 9.18 Å². The molecule has 0 saturated carbocycles. The lowest BCUT2D eigenvalue weighted by Crippen LogP contribution is -2.42. The van der Waals surface area contributed by atoms with Gasteiger partial charge in [-0.2, -0.15) is 0 Å². The van der Waals surface area contributed by atoms with Crippen LogP contribution in [0.15, 0.2) is 42.7 Å². The molecule has 128 valence electrons. The SMILES string of the molecule is CC(C)(CNC(=O)NCc1ccc(F)c(CO)c1)c1ccncc1. The Kier molecular flexibility index (Phi) is 5.87. The zero-order chi connectivity index (χ0) is 17.6. The summed E-state index contributed by atoms with van der Waals surface area (Å²) in [5.41, 5.74) is 1.81. The van der Waals surface area contributed by atoms with E-state index in [9.17, 15) is 9.18 Å². The lowest BCUT2D eigenvalue weighted by atomic mass is 9.85. The van der Waals surface area contributed by atoms with Gasteiger partial charge in [-0.3, -0.25) is 4.98 Å². The average Bonchev–Trinajstić information content (AvgIpc) is 2.60. The number of halogens is 1. The average molecular weight is 331 g/mol. The standard InChI is InChI=1S/C18H22FN3O2/c1-18(2,15-5-7-20-8-6-15)12-22-17(24)21-10-13-3-4-16(19)14(9-13)11-23/h3-9,23H,10-12H2,1-2H3,(H2,21,22,24). The minimum absolute atomic E-state index is 0.216. The van der Waals surface area contributed by atoms with E-state index in [2.05, 4.69) is 15.6 Å². The number of nitrogens with zero attached hydrogens (tertiary/aromatic N) is 1. The predicted molar refractivity (Wildman–Crippen MR) is 89.8 cm³/mol. The quantitative estimate of drug-likeness (QED) is 0.761. The van der Waals surface area contributed by atoms with Gasteiger partial charge in [0.05, 0.1) is 6.61 Å². The molecule has 2 rings (SSSR count). The summed E-state index contributed by atoms with van der Waals surface area (Å²) in [6.45, 7) is 4.43. The fourth-order valence-electron chi connectivity index (χ4n) is 2.31. The van der Waals surface area contributed by atoms with E-state index in [1.54, 1.807) is 18.5 Å². The first-order valence-corrected chi connectivity index (χ1v) is 7.73. The van der Waals surface area contributed by atoms with Crippen molar-refractivity contribution in [2.24, 2.45) is 0 Å². The van der Waals surface area contributed by atoms with Crippen LogP contribution >= 0.6 is 0 Å². The summed E-state index contributed by atoms with van der Waals surface area (Å²) in [5, 5.41) is 14.6. The molecule has 0 unspecified atom stereocenters. The van der Waals surface area contributed by atoms with Gasteiger partial charge in [0.15, 0.2) is 0 Å². The van der Waals surface area contributed by atoms with Gasteiger partial charge in [-0.1, -0.05) is 19.9 Å². The molecule has 1 heterocycles. The second kappa shape index (κ2) is 7.88. The maximum atomic E-state index is 13.3. The van der Waals surface area contributed by atoms with Crippen molar-refractivity contribution < 1.29 is 14.3 Å². The van der Waals surface area contributed by atoms with Gasteiger partial charge in [-0.15, -0.1) is 0 Å². The number of carbonyl (C=O) groups is 1. The monoisotopic (exact) mass is 331 g/mol. The van der Waals surface area contributed by atoms with Crippen LogP contribution in [0.3, 0.4) is 0 Å². The van der Waals surface area contributed by atoms with Crippen LogP contribution in [-0.4, -0.2) is 22.7 Å². The highest BCUT2D eigenvalue weighted by atomic mass is 19.1. The number of aliphatic hydroxyl groups is 1. The van der Waals surface area contributed by atoms with E-state index in [1.165, 1.54) is 12.1 Å². The van der Waals surface area contributed by atoms with Crippen LogP contribution in [-0.2, 0) is 18.6 Å². The fourth-order valence-corrected chi connectivity index (χ4v) is 2.31. The van der Waals surface area contributed by atoms with Crippen molar-refractivity contribution in [3.8, 4) is 0 Å². The number of aromatic nitrogens is 1. The summed E-state index contributed by atoms with van der Waals surface area (Å²) in [6, 6.07) is 7.95. The molecule has 1 aromatic heterocycles. The van der Waals surface area contributed by atoms with Crippen LogP contribution in [0.5, 0.6) is 0 Å². The molecule has 24 heavy (non-hydrogen) atoms. The van der Waals surface area contributed by atoms with Crippen molar-refractivity contribution in [2.45, 2.75) is 32.4 Å². The van der Waals surface area contributed by atoms with E-state index in [-0.39, 0.29) is 30.2 Å². The number of benzene rings is 1. The molecule has 1 aromatic carbocycles. The molecule has 0 bridgehead atoms. The molecule has 0 aliphatic carbocycles. The van der Waals surface area contributed by atoms with Crippen LogP contribution in [0.4, 0.5) is 9.18 Å². The van der Waals surface area contributed by atoms with Crippen LogP contribution in [0.2, 0.25) is 0 Å². The summed E-state index contributed by atoms with van der Waals surface area (Å²) in [7, 11) is 0. The van der Waals surface area contributed by atoms with Crippen molar-refractivity contribution in [1.29, 1.82) is 0 Å². The number of hydrogen-bond donors (Lipinski definition) is 3. The molecule has 2 aromatic rings. The van der Waals surface area contributed by atoms with Gasteiger partial charge >= 0.3 is 6.03 Å². The number of nitrogens with one attached hydrogen (secondary N) is 2. The highest BCUT2D eigenvalue weighted by Crippen LogP contribution is 2.21. The number of pyridine rings is 1. The zero-order valence-corrected chi connectivity index (χ0v) is 13.8. The highest BCUT2D eigenvalue weighted by Gasteiger charge is 2.21. The van der Waals surface area contributed by atoms with Crippen molar-refractivity contribution >= 4 is 6.03 Å². The Balaban J connectivity index is 1.85. The zero-order valence-electron chi connectivity index (χ0n) is 13.8. The summed E-state index contributed by atoms with van der Waals surface area (Å²) in [6.07, 6.45) is 3.45. The first-order chi connectivity index (χ1) is 11.4. The smallest absolute Gasteiger partial charge is 0.315 e. The lowest BCUT2D eigenvalue weighted by molar-refractivity contribution is 0.238. The Morgan fingerprint density at radius 2 is 1.92 bits per heavy atom. The number of aliphatic hydroxyl groups excluding tert-OH is 1. The molecular weight excluding hydrogens is 309 g/mol. The topological polar surface area (TPSA) is 74.2 Å². The second-order valence-electron chi connectivity index (χ2n) is 6.24. The largest absolute Gasteiger partial charge is 0.392 e. The fraction of sp³-hybridized carbons (Fsp3) is 0.333. The molecule has 3 N–H and O–H groups in total. The number of amides is 2. The van der Waals surface area contributed by atoms with Crippen LogP contribution in [0, 0.1) is 5.82 Å². The van der Waals surface area contributed by atoms with Crippen LogP contribution in [0.1, 0.15) is 30.5 Å². The number of carbonyl (C=O) groups excluding carboxylic acids is 1. The molecule has 0 fully saturated rings. The van der Waals surface area contributed by atoms with Crippen molar-refractivity contribution in [3.63, 3.8) is 0 Å². The number of hydrogen-bond acceptors (Lipinski definition) is 3. The van der Waals surface area contributed by atoms with Crippen molar-refractivity contribution in [3.05, 3.63) is 65.2 Å². The molecule has 0 atom stereocenters. The molecule has 2 amide bonds. The normalized spacial score (nSPS) is 11.2. The van der Waals surface area contributed by atoms with Crippen molar-refractivity contribution in [1.82, 2.24) is 15.6 Å².